The van der Waals surface area contributed by atoms with E-state index in [4.69, 9.17) is 14.4 Å². The SMILES string of the molecule is Sc1ccc2c(c1)-c1ncccc1C2c1ccc2c(c1)c1ncccc1n2-c1ccc2oc3cccnc3c2c1. The molecule has 1 atom stereocenters. The van der Waals surface area contributed by atoms with Crippen LogP contribution in [-0.4, -0.2) is 19.5 Å². The third-order valence-corrected chi connectivity index (χ3v) is 8.38. The molecule has 3 aromatic carbocycles. The number of thiol groups is 1. The fraction of sp³-hybridized carbons (Fsp3) is 0.0294. The summed E-state index contributed by atoms with van der Waals surface area (Å²) in [7, 11) is 0. The number of furan rings is 1. The lowest BCUT2D eigenvalue weighted by molar-refractivity contribution is 0.668. The Kier molecular flexibility index (Phi) is 4.41. The normalized spacial score (nSPS) is 14.4. The lowest BCUT2D eigenvalue weighted by Crippen LogP contribution is -2.00. The maximum atomic E-state index is 6.04. The van der Waals surface area contributed by atoms with Gasteiger partial charge < -0.3 is 8.98 Å². The number of rotatable bonds is 2. The average molecular weight is 533 g/mol. The van der Waals surface area contributed by atoms with E-state index in [0.29, 0.717) is 0 Å². The Hall–Kier alpha value is -4.94. The average Bonchev–Trinajstić information content (AvgIpc) is 3.64. The van der Waals surface area contributed by atoms with Gasteiger partial charge >= 0.3 is 0 Å². The predicted octanol–water partition coefficient (Wildman–Crippen LogP) is 8.32. The second kappa shape index (κ2) is 8.04. The Bertz CT molecular complexity index is 2320. The molecule has 0 radical (unpaired) electrons. The van der Waals surface area contributed by atoms with Crippen molar-refractivity contribution in [3.8, 4) is 16.9 Å². The van der Waals surface area contributed by atoms with Gasteiger partial charge in [-0.3, -0.25) is 15.0 Å². The van der Waals surface area contributed by atoms with Gasteiger partial charge in [-0.15, -0.1) is 12.6 Å². The van der Waals surface area contributed by atoms with Gasteiger partial charge in [0.25, 0.3) is 0 Å². The lowest BCUT2D eigenvalue weighted by Gasteiger charge is -2.15. The first-order chi connectivity index (χ1) is 19.7. The predicted molar refractivity (Wildman–Crippen MR) is 162 cm³/mol. The van der Waals surface area contributed by atoms with Gasteiger partial charge in [0.15, 0.2) is 5.58 Å². The van der Waals surface area contributed by atoms with Crippen molar-refractivity contribution < 1.29 is 4.42 Å². The smallest absolute Gasteiger partial charge is 0.153 e. The highest BCUT2D eigenvalue weighted by molar-refractivity contribution is 7.80. The molecule has 5 heterocycles. The zero-order valence-corrected chi connectivity index (χ0v) is 22.0. The number of pyridine rings is 3. The first kappa shape index (κ1) is 21.9. The second-order valence-electron chi connectivity index (χ2n) is 10.3. The summed E-state index contributed by atoms with van der Waals surface area (Å²) in [5, 5.41) is 2.12. The standard InChI is InChI=1S/C34H20N4OS/c40-21-9-10-22-24(18-21)32-23(4-1-13-35-32)31(22)19-7-11-27-25(16-19)33-28(5-2-14-36-33)38(27)20-8-12-29-26(17-20)34-30(39-29)6-3-15-37-34/h1-18,31,40H. The molecule has 0 saturated carbocycles. The monoisotopic (exact) mass is 532 g/mol. The second-order valence-corrected chi connectivity index (χ2v) is 10.8. The molecule has 6 heteroatoms. The summed E-state index contributed by atoms with van der Waals surface area (Å²) in [4.78, 5) is 15.1. The molecule has 0 aliphatic heterocycles. The highest BCUT2D eigenvalue weighted by atomic mass is 32.1. The molecule has 0 saturated heterocycles. The van der Waals surface area contributed by atoms with Crippen molar-refractivity contribution in [3.05, 3.63) is 126 Å². The molecule has 9 rings (SSSR count). The molecule has 0 N–H and O–H groups in total. The van der Waals surface area contributed by atoms with Crippen LogP contribution in [0.15, 0.2) is 119 Å². The van der Waals surface area contributed by atoms with Crippen molar-refractivity contribution in [1.29, 1.82) is 0 Å². The molecule has 8 aromatic rings. The van der Waals surface area contributed by atoms with Crippen molar-refractivity contribution in [1.82, 2.24) is 19.5 Å². The number of aromatic nitrogens is 4. The molecule has 0 spiro atoms. The molecule has 1 aliphatic rings. The first-order valence-electron chi connectivity index (χ1n) is 13.2. The minimum absolute atomic E-state index is 0.0962. The Balaban J connectivity index is 1.29. The minimum Gasteiger partial charge on any atom is -0.454 e. The van der Waals surface area contributed by atoms with E-state index in [1.54, 1.807) is 0 Å². The van der Waals surface area contributed by atoms with Crippen LogP contribution in [0.5, 0.6) is 0 Å². The van der Waals surface area contributed by atoms with Crippen LogP contribution >= 0.6 is 12.6 Å². The van der Waals surface area contributed by atoms with Crippen LogP contribution in [0.4, 0.5) is 0 Å². The van der Waals surface area contributed by atoms with Crippen LogP contribution in [0.25, 0.3) is 61.0 Å². The third-order valence-electron chi connectivity index (χ3n) is 8.10. The molecular formula is C34H20N4OS. The lowest BCUT2D eigenvalue weighted by atomic mass is 9.89. The Morgan fingerprint density at radius 2 is 1.50 bits per heavy atom. The van der Waals surface area contributed by atoms with E-state index < -0.39 is 0 Å². The number of benzene rings is 3. The molecule has 1 aliphatic carbocycles. The van der Waals surface area contributed by atoms with Gasteiger partial charge in [-0.2, -0.15) is 0 Å². The van der Waals surface area contributed by atoms with Crippen molar-refractivity contribution in [3.63, 3.8) is 0 Å². The van der Waals surface area contributed by atoms with Crippen LogP contribution in [0.3, 0.4) is 0 Å². The molecule has 1 unspecified atom stereocenters. The molecule has 0 amide bonds. The van der Waals surface area contributed by atoms with Gasteiger partial charge in [0.2, 0.25) is 0 Å². The van der Waals surface area contributed by atoms with Crippen molar-refractivity contribution >= 4 is 56.6 Å². The van der Waals surface area contributed by atoms with Gasteiger partial charge in [-0.25, -0.2) is 0 Å². The van der Waals surface area contributed by atoms with Crippen LogP contribution in [0, 0.1) is 0 Å². The summed E-state index contributed by atoms with van der Waals surface area (Å²) in [6.07, 6.45) is 5.54. The fourth-order valence-corrected chi connectivity index (χ4v) is 6.64. The van der Waals surface area contributed by atoms with Gasteiger partial charge in [0.05, 0.1) is 22.2 Å². The summed E-state index contributed by atoms with van der Waals surface area (Å²) >= 11 is 4.61. The molecule has 188 valence electrons. The zero-order valence-electron chi connectivity index (χ0n) is 21.1. The molecule has 40 heavy (non-hydrogen) atoms. The molecule has 0 fully saturated rings. The van der Waals surface area contributed by atoms with E-state index in [9.17, 15) is 0 Å². The van der Waals surface area contributed by atoms with E-state index >= 15 is 0 Å². The van der Waals surface area contributed by atoms with E-state index in [1.807, 2.05) is 48.9 Å². The molecule has 5 nitrogen and oxygen atoms in total. The maximum absolute atomic E-state index is 6.04. The first-order valence-corrected chi connectivity index (χ1v) is 13.6. The van der Waals surface area contributed by atoms with E-state index in [2.05, 4.69) is 82.8 Å². The molecule has 0 bridgehead atoms. The quantitative estimate of drug-likeness (QED) is 0.228. The van der Waals surface area contributed by atoms with Gasteiger partial charge in [0.1, 0.15) is 11.1 Å². The van der Waals surface area contributed by atoms with Crippen LogP contribution in [0.2, 0.25) is 0 Å². The van der Waals surface area contributed by atoms with Gasteiger partial charge in [0, 0.05) is 51.4 Å². The summed E-state index contributed by atoms with van der Waals surface area (Å²) < 4.78 is 8.33. The summed E-state index contributed by atoms with van der Waals surface area (Å²) in [5.41, 5.74) is 12.6. The number of hydrogen-bond donors (Lipinski definition) is 1. The van der Waals surface area contributed by atoms with E-state index in [1.165, 1.54) is 16.7 Å². The maximum Gasteiger partial charge on any atom is 0.153 e. The largest absolute Gasteiger partial charge is 0.454 e. The number of nitrogens with zero attached hydrogens (tertiary/aromatic N) is 4. The fourth-order valence-electron chi connectivity index (χ4n) is 6.44. The summed E-state index contributed by atoms with van der Waals surface area (Å²) in [6, 6.07) is 31.7. The number of hydrogen-bond acceptors (Lipinski definition) is 5. The van der Waals surface area contributed by atoms with Crippen molar-refractivity contribution in [2.24, 2.45) is 0 Å². The van der Waals surface area contributed by atoms with Crippen LogP contribution < -0.4 is 0 Å². The molecule has 5 aromatic heterocycles. The topological polar surface area (TPSA) is 56.7 Å². The van der Waals surface area contributed by atoms with E-state index in [0.717, 1.165) is 65.8 Å². The van der Waals surface area contributed by atoms with E-state index in [-0.39, 0.29) is 5.92 Å². The van der Waals surface area contributed by atoms with Crippen LogP contribution in [0.1, 0.15) is 22.6 Å². The minimum atomic E-state index is 0.0962. The number of fused-ring (bicyclic) bond motifs is 9. The van der Waals surface area contributed by atoms with Crippen molar-refractivity contribution in [2.45, 2.75) is 10.8 Å². The highest BCUT2D eigenvalue weighted by Crippen LogP contribution is 2.48. The third kappa shape index (κ3) is 2.96. The van der Waals surface area contributed by atoms with Crippen LogP contribution in [-0.2, 0) is 0 Å². The Morgan fingerprint density at radius 3 is 2.45 bits per heavy atom. The zero-order chi connectivity index (χ0) is 26.4. The van der Waals surface area contributed by atoms with Gasteiger partial charge in [-0.1, -0.05) is 18.2 Å². The Labute approximate surface area is 234 Å². The summed E-state index contributed by atoms with van der Waals surface area (Å²) in [5.74, 6) is 0.0962. The highest BCUT2D eigenvalue weighted by Gasteiger charge is 2.31. The Morgan fingerprint density at radius 1 is 0.650 bits per heavy atom. The van der Waals surface area contributed by atoms with Gasteiger partial charge in [-0.05, 0) is 89.5 Å². The molecular weight excluding hydrogens is 512 g/mol. The van der Waals surface area contributed by atoms with Crippen molar-refractivity contribution in [2.75, 3.05) is 0 Å². The summed E-state index contributed by atoms with van der Waals surface area (Å²) in [6.45, 7) is 0.